The molecule has 2 aromatic rings. The SMILES string of the molecule is C#CC#CC#C.C#Cc1ccc(-c2ccc(C#C)cc2)cc1.C/C=C/C=C/C=C/C.CC(O)COC(C)COC(C)CO.OCCOCC(COCCO)(COCCO)COCCO.OCCOCCOCCO. The first-order chi connectivity index (χ1) is 35.9. The fraction of sp³-hybridized carbons (Fsp3) is 0.517. The van der Waals surface area contributed by atoms with Crippen molar-refractivity contribution in [1.82, 2.24) is 0 Å². The summed E-state index contributed by atoms with van der Waals surface area (Å²) in [5, 5.41) is 69.3. The van der Waals surface area contributed by atoms with Gasteiger partial charge in [0, 0.05) is 11.1 Å². The Morgan fingerprint density at radius 2 is 0.784 bits per heavy atom. The standard InChI is InChI=1S/C16H10.C13H28O8.C9H20O4.C8H12.C6H14O4.C6H2/c1-3-13-5-9-15(10-6-13)16-11-7-14(4-2)8-12-16;14-1-5-18-9-13(10-19-6-2-15,11-20-7-3-16)12-21-8-4-17;1-7(11)5-12-9(3)6-13-8(2)4-10;1-3-5-7-8-6-4-2;7-1-3-9-5-6-10-4-2-8;1-3-5-6-4-2/h1-2,5-12H;14-17H,1-12H2;7-11H,4-6H2,1-3H3;3-8H,1-2H3;7-8H,1-6H2;1-2H/b;;;5-3+,6-4+,8-7+;;. The van der Waals surface area contributed by atoms with Crippen molar-refractivity contribution in [1.29, 1.82) is 0 Å². The Hall–Kier alpha value is -5.18. The van der Waals surface area contributed by atoms with Crippen LogP contribution >= 0.6 is 0 Å². The Morgan fingerprint density at radius 3 is 1.05 bits per heavy atom. The minimum absolute atomic E-state index is 0.0170. The third kappa shape index (κ3) is 53.1. The van der Waals surface area contributed by atoms with E-state index in [2.05, 4.69) is 35.5 Å². The maximum Gasteiger partial charge on any atom is 0.0781 e. The van der Waals surface area contributed by atoms with Crippen LogP contribution < -0.4 is 0 Å². The number of benzene rings is 2. The van der Waals surface area contributed by atoms with Crippen LogP contribution in [0.15, 0.2) is 85.0 Å². The van der Waals surface area contributed by atoms with Crippen molar-refractivity contribution >= 4 is 0 Å². The fourth-order valence-electron chi connectivity index (χ4n) is 4.76. The lowest BCUT2D eigenvalue weighted by atomic mass is 9.92. The number of aliphatic hydroxyl groups excluding tert-OH is 8. The van der Waals surface area contributed by atoms with Crippen molar-refractivity contribution in [3.8, 4) is 72.3 Å². The van der Waals surface area contributed by atoms with Gasteiger partial charge in [0.05, 0.1) is 162 Å². The Balaban J connectivity index is -0.000000416. The van der Waals surface area contributed by atoms with Crippen molar-refractivity contribution in [3.63, 3.8) is 0 Å². The molecule has 0 spiro atoms. The highest BCUT2D eigenvalue weighted by Crippen LogP contribution is 2.21. The van der Waals surface area contributed by atoms with E-state index < -0.39 is 11.5 Å². The fourth-order valence-corrected chi connectivity index (χ4v) is 4.76. The van der Waals surface area contributed by atoms with Gasteiger partial charge in [0.2, 0.25) is 0 Å². The average molecular weight is 1040 g/mol. The summed E-state index contributed by atoms with van der Waals surface area (Å²) >= 11 is 0. The van der Waals surface area contributed by atoms with Crippen LogP contribution in [0.25, 0.3) is 11.1 Å². The van der Waals surface area contributed by atoms with Crippen LogP contribution in [0.1, 0.15) is 45.7 Å². The highest BCUT2D eigenvalue weighted by atomic mass is 16.6. The minimum atomic E-state index is -0.630. The molecule has 16 nitrogen and oxygen atoms in total. The molecule has 8 N–H and O–H groups in total. The summed E-state index contributed by atoms with van der Waals surface area (Å²) in [6.07, 6.45) is 31.3. The summed E-state index contributed by atoms with van der Waals surface area (Å²) in [7, 11) is 0. The Morgan fingerprint density at radius 1 is 0.459 bits per heavy atom. The first-order valence-corrected chi connectivity index (χ1v) is 24.0. The first kappa shape index (κ1) is 75.3. The summed E-state index contributed by atoms with van der Waals surface area (Å²) in [5.41, 5.74) is 3.44. The molecule has 3 atom stereocenters. The zero-order chi connectivity index (χ0) is 56.2. The minimum Gasteiger partial charge on any atom is -0.394 e. The van der Waals surface area contributed by atoms with E-state index in [1.165, 1.54) is 0 Å². The molecule has 0 bridgehead atoms. The van der Waals surface area contributed by atoms with Crippen LogP contribution in [0.4, 0.5) is 0 Å². The van der Waals surface area contributed by atoms with E-state index in [0.29, 0.717) is 39.6 Å². The molecule has 0 saturated carbocycles. The molecule has 414 valence electrons. The monoisotopic (exact) mass is 1040 g/mol. The van der Waals surface area contributed by atoms with Crippen LogP contribution in [0.3, 0.4) is 0 Å². The largest absolute Gasteiger partial charge is 0.394 e. The number of ether oxygens (including phenoxy) is 8. The molecular weight excluding hydrogens is 953 g/mol. The predicted molar refractivity (Wildman–Crippen MR) is 291 cm³/mol. The molecule has 0 radical (unpaired) electrons. The maximum absolute atomic E-state index is 8.92. The summed E-state index contributed by atoms with van der Waals surface area (Å²) in [4.78, 5) is 0. The van der Waals surface area contributed by atoms with Gasteiger partial charge >= 0.3 is 0 Å². The Bertz CT molecular complexity index is 1700. The van der Waals surface area contributed by atoms with E-state index >= 15 is 0 Å². The molecule has 0 fully saturated rings. The van der Waals surface area contributed by atoms with Crippen molar-refractivity contribution in [2.45, 2.75) is 52.9 Å². The van der Waals surface area contributed by atoms with E-state index in [0.717, 1.165) is 22.3 Å². The second kappa shape index (κ2) is 60.4. The van der Waals surface area contributed by atoms with Gasteiger partial charge in [0.15, 0.2) is 0 Å². The van der Waals surface area contributed by atoms with E-state index in [-0.39, 0.29) is 111 Å². The van der Waals surface area contributed by atoms with E-state index in [9.17, 15) is 0 Å². The number of aliphatic hydroxyl groups is 8. The van der Waals surface area contributed by atoms with Crippen LogP contribution in [-0.2, 0) is 37.9 Å². The van der Waals surface area contributed by atoms with E-state index in [1.807, 2.05) is 106 Å². The van der Waals surface area contributed by atoms with Gasteiger partial charge in [0.25, 0.3) is 0 Å². The Kier molecular flexibility index (Phi) is 61.5. The molecule has 16 heteroatoms. The molecular formula is C58H86O16. The van der Waals surface area contributed by atoms with Gasteiger partial charge in [-0.2, -0.15) is 0 Å². The van der Waals surface area contributed by atoms with Gasteiger partial charge in [-0.25, -0.2) is 0 Å². The number of hydrogen-bond donors (Lipinski definition) is 8. The molecule has 0 aliphatic rings. The van der Waals surface area contributed by atoms with Crippen LogP contribution in [-0.4, -0.2) is 198 Å². The number of terminal acetylenes is 4. The lowest BCUT2D eigenvalue weighted by molar-refractivity contribution is -0.115. The summed E-state index contributed by atoms with van der Waals surface area (Å²) < 4.78 is 41.7. The first-order valence-electron chi connectivity index (χ1n) is 24.0. The van der Waals surface area contributed by atoms with Gasteiger partial charge in [-0.15, -0.1) is 25.7 Å². The highest BCUT2D eigenvalue weighted by molar-refractivity contribution is 5.65. The van der Waals surface area contributed by atoms with Crippen molar-refractivity contribution in [2.24, 2.45) is 5.41 Å². The van der Waals surface area contributed by atoms with Crippen LogP contribution in [0.2, 0.25) is 0 Å². The second-order valence-corrected chi connectivity index (χ2v) is 15.0. The van der Waals surface area contributed by atoms with Crippen molar-refractivity contribution in [3.05, 3.63) is 96.1 Å². The van der Waals surface area contributed by atoms with E-state index in [4.69, 9.17) is 104 Å². The third-order valence-electron chi connectivity index (χ3n) is 8.27. The molecule has 0 heterocycles. The summed E-state index contributed by atoms with van der Waals surface area (Å²) in [5.74, 6) is 13.8. The normalized spacial score (nSPS) is 11.6. The lowest BCUT2D eigenvalue weighted by Crippen LogP contribution is -2.42. The molecule has 0 saturated heterocycles. The average Bonchev–Trinajstić information content (AvgIpc) is 3.42. The van der Waals surface area contributed by atoms with Crippen LogP contribution in [0, 0.1) is 66.6 Å². The van der Waals surface area contributed by atoms with Gasteiger partial charge in [-0.3, -0.25) is 0 Å². The van der Waals surface area contributed by atoms with Gasteiger partial charge in [-0.1, -0.05) is 72.6 Å². The number of hydrogen-bond acceptors (Lipinski definition) is 16. The third-order valence-corrected chi connectivity index (χ3v) is 8.27. The zero-order valence-electron chi connectivity index (χ0n) is 44.3. The Labute approximate surface area is 442 Å². The van der Waals surface area contributed by atoms with Crippen LogP contribution in [0.5, 0.6) is 0 Å². The van der Waals surface area contributed by atoms with Crippen molar-refractivity contribution in [2.75, 3.05) is 139 Å². The number of rotatable bonds is 33. The lowest BCUT2D eigenvalue weighted by Gasteiger charge is -2.32. The molecule has 2 rings (SSSR count). The molecule has 0 aliphatic heterocycles. The van der Waals surface area contributed by atoms with Gasteiger partial charge in [0.1, 0.15) is 0 Å². The second-order valence-electron chi connectivity index (χ2n) is 15.0. The van der Waals surface area contributed by atoms with Crippen molar-refractivity contribution < 1.29 is 78.7 Å². The summed E-state index contributed by atoms with van der Waals surface area (Å²) in [6, 6.07) is 15.8. The topological polar surface area (TPSA) is 236 Å². The number of allylic oxidation sites excluding steroid dienone is 6. The molecule has 0 aliphatic carbocycles. The van der Waals surface area contributed by atoms with Gasteiger partial charge in [-0.05, 0) is 93.7 Å². The molecule has 0 aromatic heterocycles. The molecule has 3 unspecified atom stereocenters. The molecule has 0 amide bonds. The smallest absolute Gasteiger partial charge is 0.0781 e. The quantitative estimate of drug-likeness (QED) is 0.0291. The zero-order valence-corrected chi connectivity index (χ0v) is 44.3. The molecule has 74 heavy (non-hydrogen) atoms. The predicted octanol–water partition coefficient (Wildman–Crippen LogP) is 3.45. The van der Waals surface area contributed by atoms with E-state index in [1.54, 1.807) is 13.8 Å². The summed E-state index contributed by atoms with van der Waals surface area (Å²) in [6.45, 7) is 13.1. The highest BCUT2D eigenvalue weighted by Gasteiger charge is 2.32. The van der Waals surface area contributed by atoms with Gasteiger partial charge < -0.3 is 78.7 Å². The molecule has 2 aromatic carbocycles. The maximum atomic E-state index is 8.92.